The van der Waals surface area contributed by atoms with Gasteiger partial charge >= 0.3 is 0 Å². The Morgan fingerprint density at radius 1 is 1.47 bits per heavy atom. The highest BCUT2D eigenvalue weighted by molar-refractivity contribution is 7.85. The van der Waals surface area contributed by atoms with E-state index in [4.69, 9.17) is 10.3 Å². The summed E-state index contributed by atoms with van der Waals surface area (Å²) in [7, 11) is -4.20. The first kappa shape index (κ1) is 11.4. The highest BCUT2D eigenvalue weighted by Gasteiger charge is 2.14. The largest absolute Gasteiger partial charge is 0.393 e. The summed E-state index contributed by atoms with van der Waals surface area (Å²) in [6.45, 7) is 0. The molecule has 0 fully saturated rings. The summed E-state index contributed by atoms with van der Waals surface area (Å²) in [5, 5.41) is 10.5. The molecule has 0 atom stereocenters. The van der Waals surface area contributed by atoms with Gasteiger partial charge in [-0.2, -0.15) is 8.42 Å². The SMILES string of the molecule is Nc1ccc(CS(=O)(=O)O)cc1[N+](=O)[O-]. The van der Waals surface area contributed by atoms with E-state index in [1.54, 1.807) is 0 Å². The Morgan fingerprint density at radius 2 is 2.07 bits per heavy atom. The van der Waals surface area contributed by atoms with E-state index in [1.807, 2.05) is 0 Å². The maximum atomic E-state index is 10.5. The number of nitrogens with two attached hydrogens (primary N) is 1. The topological polar surface area (TPSA) is 124 Å². The molecule has 1 rings (SSSR count). The average molecular weight is 232 g/mol. The zero-order chi connectivity index (χ0) is 11.6. The smallest absolute Gasteiger partial charge is 0.292 e. The van der Waals surface area contributed by atoms with E-state index < -0.39 is 20.8 Å². The van der Waals surface area contributed by atoms with Crippen LogP contribution >= 0.6 is 0 Å². The van der Waals surface area contributed by atoms with Gasteiger partial charge in [0.15, 0.2) is 0 Å². The molecule has 1 aromatic rings. The molecule has 3 N–H and O–H groups in total. The highest BCUT2D eigenvalue weighted by atomic mass is 32.2. The van der Waals surface area contributed by atoms with E-state index in [-0.39, 0.29) is 16.9 Å². The molecule has 0 unspecified atom stereocenters. The highest BCUT2D eigenvalue weighted by Crippen LogP contribution is 2.23. The van der Waals surface area contributed by atoms with Gasteiger partial charge in [-0.3, -0.25) is 14.7 Å². The second kappa shape index (κ2) is 3.83. The molecule has 0 radical (unpaired) electrons. The minimum absolute atomic E-state index is 0.0564. The first-order chi connectivity index (χ1) is 6.79. The van der Waals surface area contributed by atoms with Crippen LogP contribution in [0.3, 0.4) is 0 Å². The van der Waals surface area contributed by atoms with Gasteiger partial charge in [0.2, 0.25) is 0 Å². The van der Waals surface area contributed by atoms with Gasteiger partial charge in [-0.05, 0) is 11.6 Å². The van der Waals surface area contributed by atoms with Crippen molar-refractivity contribution in [3.05, 3.63) is 33.9 Å². The van der Waals surface area contributed by atoms with E-state index in [0.29, 0.717) is 0 Å². The molecule has 0 aliphatic carbocycles. The number of hydrogen-bond acceptors (Lipinski definition) is 5. The maximum Gasteiger partial charge on any atom is 0.292 e. The fraction of sp³-hybridized carbons (Fsp3) is 0.143. The van der Waals surface area contributed by atoms with Gasteiger partial charge in [0.1, 0.15) is 11.4 Å². The molecule has 1 aromatic carbocycles. The van der Waals surface area contributed by atoms with Crippen LogP contribution in [-0.4, -0.2) is 17.9 Å². The number of benzene rings is 1. The van der Waals surface area contributed by atoms with Crippen LogP contribution in [-0.2, 0) is 15.9 Å². The average Bonchev–Trinajstić information content (AvgIpc) is 2.05. The van der Waals surface area contributed by atoms with E-state index in [9.17, 15) is 18.5 Å². The number of nitrogen functional groups attached to an aromatic ring is 1. The number of nitrogens with zero attached hydrogens (tertiary/aromatic N) is 1. The lowest BCUT2D eigenvalue weighted by Crippen LogP contribution is -2.03. The molecule has 0 bridgehead atoms. The number of rotatable bonds is 3. The second-order valence-corrected chi connectivity index (χ2v) is 4.33. The summed E-state index contributed by atoms with van der Waals surface area (Å²) in [4.78, 5) is 9.73. The van der Waals surface area contributed by atoms with Crippen LogP contribution in [0.4, 0.5) is 11.4 Å². The van der Waals surface area contributed by atoms with Gasteiger partial charge in [-0.25, -0.2) is 0 Å². The Kier molecular flexibility index (Phi) is 2.91. The fourth-order valence-electron chi connectivity index (χ4n) is 1.05. The Bertz CT molecular complexity index is 496. The van der Waals surface area contributed by atoms with Crippen LogP contribution in [0.5, 0.6) is 0 Å². The first-order valence-electron chi connectivity index (χ1n) is 3.77. The van der Waals surface area contributed by atoms with Gasteiger partial charge < -0.3 is 5.73 Å². The Labute approximate surface area is 85.4 Å². The molecule has 8 heteroatoms. The molecule has 0 saturated heterocycles. The third-order valence-electron chi connectivity index (χ3n) is 1.64. The molecule has 0 aromatic heterocycles. The molecule has 7 nitrogen and oxygen atoms in total. The predicted octanol–water partition coefficient (Wildman–Crippen LogP) is 0.565. The van der Waals surface area contributed by atoms with Gasteiger partial charge in [0.25, 0.3) is 15.8 Å². The van der Waals surface area contributed by atoms with Crippen LogP contribution in [0.15, 0.2) is 18.2 Å². The number of anilines is 1. The quantitative estimate of drug-likeness (QED) is 0.339. The molecule has 0 amide bonds. The van der Waals surface area contributed by atoms with Gasteiger partial charge in [-0.1, -0.05) is 6.07 Å². The number of nitro groups is 1. The minimum atomic E-state index is -4.20. The minimum Gasteiger partial charge on any atom is -0.393 e. The second-order valence-electron chi connectivity index (χ2n) is 2.88. The zero-order valence-electron chi connectivity index (χ0n) is 7.45. The summed E-state index contributed by atoms with van der Waals surface area (Å²) in [5.41, 5.74) is 4.98. The molecular formula is C7H8N2O5S. The number of hydrogen-bond donors (Lipinski definition) is 2. The lowest BCUT2D eigenvalue weighted by molar-refractivity contribution is -0.383. The third kappa shape index (κ3) is 3.18. The number of nitro benzene ring substituents is 1. The predicted molar refractivity (Wildman–Crippen MR) is 52.8 cm³/mol. The molecule has 0 heterocycles. The molecule has 0 saturated carbocycles. The van der Waals surface area contributed by atoms with Crippen molar-refractivity contribution < 1.29 is 17.9 Å². The van der Waals surface area contributed by atoms with Crippen LogP contribution in [0.2, 0.25) is 0 Å². The lowest BCUT2D eigenvalue weighted by Gasteiger charge is -2.00. The van der Waals surface area contributed by atoms with Crippen molar-refractivity contribution in [1.82, 2.24) is 0 Å². The van der Waals surface area contributed by atoms with Crippen molar-refractivity contribution in [2.24, 2.45) is 0 Å². The van der Waals surface area contributed by atoms with Gasteiger partial charge in [0.05, 0.1) is 4.92 Å². The fourth-order valence-corrected chi connectivity index (χ4v) is 1.65. The Hall–Kier alpha value is -1.67. The van der Waals surface area contributed by atoms with Crippen molar-refractivity contribution in [3.8, 4) is 0 Å². The van der Waals surface area contributed by atoms with Gasteiger partial charge in [-0.15, -0.1) is 0 Å². The van der Waals surface area contributed by atoms with Crippen molar-refractivity contribution in [3.63, 3.8) is 0 Å². The summed E-state index contributed by atoms with van der Waals surface area (Å²) in [6, 6.07) is 3.54. The monoisotopic (exact) mass is 232 g/mol. The maximum absolute atomic E-state index is 10.5. The van der Waals surface area contributed by atoms with Crippen LogP contribution in [0, 0.1) is 10.1 Å². The summed E-state index contributed by atoms with van der Waals surface area (Å²) in [5.74, 6) is -0.672. The summed E-state index contributed by atoms with van der Waals surface area (Å²) in [6.07, 6.45) is 0. The van der Waals surface area contributed by atoms with Crippen molar-refractivity contribution in [2.75, 3.05) is 5.73 Å². The molecule has 0 aliphatic heterocycles. The Balaban J connectivity index is 3.14. The van der Waals surface area contributed by atoms with Crippen molar-refractivity contribution in [2.45, 2.75) is 5.75 Å². The first-order valence-corrected chi connectivity index (χ1v) is 5.38. The zero-order valence-corrected chi connectivity index (χ0v) is 8.27. The summed E-state index contributed by atoms with van der Waals surface area (Å²) < 4.78 is 29.6. The molecule has 0 spiro atoms. The van der Waals surface area contributed by atoms with Gasteiger partial charge in [0, 0.05) is 6.07 Å². The van der Waals surface area contributed by atoms with E-state index >= 15 is 0 Å². The molecular weight excluding hydrogens is 224 g/mol. The van der Waals surface area contributed by atoms with E-state index in [0.717, 1.165) is 6.07 Å². The van der Waals surface area contributed by atoms with Crippen molar-refractivity contribution >= 4 is 21.5 Å². The van der Waals surface area contributed by atoms with Crippen LogP contribution < -0.4 is 5.73 Å². The van der Waals surface area contributed by atoms with E-state index in [1.165, 1.54) is 12.1 Å². The normalized spacial score (nSPS) is 11.3. The third-order valence-corrected chi connectivity index (χ3v) is 2.34. The van der Waals surface area contributed by atoms with Crippen LogP contribution in [0.25, 0.3) is 0 Å². The summed E-state index contributed by atoms with van der Waals surface area (Å²) >= 11 is 0. The lowest BCUT2D eigenvalue weighted by atomic mass is 10.2. The van der Waals surface area contributed by atoms with Crippen molar-refractivity contribution in [1.29, 1.82) is 0 Å². The standard InChI is InChI=1S/C7H8N2O5S/c8-6-2-1-5(4-15(12,13)14)3-7(6)9(10)11/h1-3H,4,8H2,(H,12,13,14). The van der Waals surface area contributed by atoms with E-state index in [2.05, 4.69) is 0 Å². The molecule has 82 valence electrons. The molecule has 15 heavy (non-hydrogen) atoms. The van der Waals surface area contributed by atoms with Crippen LogP contribution in [0.1, 0.15) is 5.56 Å². The Morgan fingerprint density at radius 3 is 2.53 bits per heavy atom. The molecule has 0 aliphatic rings.